The third kappa shape index (κ3) is 4.10. The third-order valence-electron chi connectivity index (χ3n) is 5.00. The lowest BCUT2D eigenvalue weighted by atomic mass is 9.64. The second-order valence-electron chi connectivity index (χ2n) is 6.61. The van der Waals surface area contributed by atoms with Crippen LogP contribution < -0.4 is 10.1 Å². The van der Waals surface area contributed by atoms with E-state index >= 15 is 0 Å². The summed E-state index contributed by atoms with van der Waals surface area (Å²) < 4.78 is 23.7. The molecule has 6 heteroatoms. The van der Waals surface area contributed by atoms with E-state index < -0.39 is 11.4 Å². The number of hydrogen-bond donors (Lipinski definition) is 1. The summed E-state index contributed by atoms with van der Waals surface area (Å²) in [5.74, 6) is -0.493. The fraction of sp³-hybridized carbons (Fsp3) is 0.333. The molecule has 5 nitrogen and oxygen atoms in total. The molecule has 3 rings (SSSR count). The van der Waals surface area contributed by atoms with Crippen LogP contribution >= 0.6 is 0 Å². The van der Waals surface area contributed by atoms with E-state index in [9.17, 15) is 14.0 Å². The molecule has 1 N–H and O–H groups in total. The van der Waals surface area contributed by atoms with E-state index in [0.29, 0.717) is 18.6 Å². The quantitative estimate of drug-likeness (QED) is 0.760. The van der Waals surface area contributed by atoms with E-state index in [-0.39, 0.29) is 24.9 Å². The van der Waals surface area contributed by atoms with Crippen molar-refractivity contribution < 1.29 is 23.5 Å². The Labute approximate surface area is 157 Å². The van der Waals surface area contributed by atoms with Crippen LogP contribution in [-0.4, -0.2) is 25.6 Å². The second-order valence-corrected chi connectivity index (χ2v) is 6.61. The SMILES string of the molecule is COc1ccccc1CNC(=O)COC(=O)C1(c2ccc(F)cc2)CCC1. The van der Waals surface area contributed by atoms with Crippen molar-refractivity contribution in [2.24, 2.45) is 0 Å². The molecule has 0 aliphatic heterocycles. The summed E-state index contributed by atoms with van der Waals surface area (Å²) >= 11 is 0. The van der Waals surface area contributed by atoms with E-state index in [0.717, 1.165) is 17.5 Å². The van der Waals surface area contributed by atoms with Crippen LogP contribution in [0.1, 0.15) is 30.4 Å². The normalized spacial score (nSPS) is 14.7. The number of benzene rings is 2. The molecular formula is C21H22FNO4. The molecule has 0 radical (unpaired) electrons. The molecule has 0 bridgehead atoms. The highest BCUT2D eigenvalue weighted by molar-refractivity contribution is 5.87. The first-order chi connectivity index (χ1) is 13.0. The highest BCUT2D eigenvalue weighted by atomic mass is 19.1. The number of methoxy groups -OCH3 is 1. The highest BCUT2D eigenvalue weighted by Gasteiger charge is 2.47. The molecule has 0 heterocycles. The monoisotopic (exact) mass is 371 g/mol. The van der Waals surface area contributed by atoms with Crippen LogP contribution in [0.5, 0.6) is 5.75 Å². The number of rotatable bonds is 7. The van der Waals surface area contributed by atoms with Crippen LogP contribution in [0.3, 0.4) is 0 Å². The number of para-hydroxylation sites is 1. The Bertz CT molecular complexity index is 815. The fourth-order valence-electron chi connectivity index (χ4n) is 3.27. The Kier molecular flexibility index (Phi) is 5.74. The zero-order valence-corrected chi connectivity index (χ0v) is 15.2. The van der Waals surface area contributed by atoms with E-state index in [1.54, 1.807) is 19.2 Å². The molecule has 2 aromatic carbocycles. The number of hydrogen-bond acceptors (Lipinski definition) is 4. The molecule has 2 aromatic rings. The molecule has 0 aromatic heterocycles. The van der Waals surface area contributed by atoms with Gasteiger partial charge in [-0.05, 0) is 36.6 Å². The maximum absolute atomic E-state index is 13.2. The standard InChI is InChI=1S/C21H22FNO4/c1-26-18-6-3-2-5-15(18)13-23-19(24)14-27-20(25)21(11-4-12-21)16-7-9-17(22)10-8-16/h2-3,5-10H,4,11-14H2,1H3,(H,23,24). The first kappa shape index (κ1) is 18.9. The Hall–Kier alpha value is -2.89. The Morgan fingerprint density at radius 3 is 2.44 bits per heavy atom. The van der Waals surface area contributed by atoms with Crippen molar-refractivity contribution >= 4 is 11.9 Å². The fourth-order valence-corrected chi connectivity index (χ4v) is 3.27. The zero-order chi connectivity index (χ0) is 19.3. The van der Waals surface area contributed by atoms with Crippen LogP contribution in [0.2, 0.25) is 0 Å². The number of carbonyl (C=O) groups excluding carboxylic acids is 2. The molecule has 0 unspecified atom stereocenters. The zero-order valence-electron chi connectivity index (χ0n) is 15.2. The van der Waals surface area contributed by atoms with E-state index in [4.69, 9.17) is 9.47 Å². The van der Waals surface area contributed by atoms with Gasteiger partial charge in [-0.1, -0.05) is 36.8 Å². The van der Waals surface area contributed by atoms with Gasteiger partial charge < -0.3 is 14.8 Å². The molecular weight excluding hydrogens is 349 g/mol. The lowest BCUT2D eigenvalue weighted by Crippen LogP contribution is -2.44. The number of esters is 1. The largest absolute Gasteiger partial charge is 0.496 e. The average molecular weight is 371 g/mol. The number of carbonyl (C=O) groups is 2. The second kappa shape index (κ2) is 8.20. The van der Waals surface area contributed by atoms with Crippen molar-refractivity contribution in [1.82, 2.24) is 5.32 Å². The summed E-state index contributed by atoms with van der Waals surface area (Å²) in [6.45, 7) is -0.0690. The maximum Gasteiger partial charge on any atom is 0.317 e. The van der Waals surface area contributed by atoms with E-state index in [1.165, 1.54) is 12.1 Å². The van der Waals surface area contributed by atoms with Crippen LogP contribution in [-0.2, 0) is 26.3 Å². The van der Waals surface area contributed by atoms with Gasteiger partial charge in [0.1, 0.15) is 11.6 Å². The first-order valence-electron chi connectivity index (χ1n) is 8.87. The summed E-state index contributed by atoms with van der Waals surface area (Å²) in [6.07, 6.45) is 2.17. The van der Waals surface area contributed by atoms with Crippen molar-refractivity contribution in [3.63, 3.8) is 0 Å². The van der Waals surface area contributed by atoms with Crippen molar-refractivity contribution in [3.8, 4) is 5.75 Å². The van der Waals surface area contributed by atoms with Gasteiger partial charge >= 0.3 is 5.97 Å². The van der Waals surface area contributed by atoms with Crippen LogP contribution in [0.4, 0.5) is 4.39 Å². The minimum Gasteiger partial charge on any atom is -0.496 e. The number of ether oxygens (including phenoxy) is 2. The van der Waals surface area contributed by atoms with Gasteiger partial charge in [0.05, 0.1) is 12.5 Å². The van der Waals surface area contributed by atoms with Gasteiger partial charge in [-0.2, -0.15) is 0 Å². The minimum absolute atomic E-state index is 0.281. The highest BCUT2D eigenvalue weighted by Crippen LogP contribution is 2.44. The minimum atomic E-state index is -0.767. The van der Waals surface area contributed by atoms with Crippen molar-refractivity contribution in [1.29, 1.82) is 0 Å². The predicted octanol–water partition coefficient (Wildman–Crippen LogP) is 3.12. The maximum atomic E-state index is 13.2. The Morgan fingerprint density at radius 1 is 1.11 bits per heavy atom. The first-order valence-corrected chi connectivity index (χ1v) is 8.87. The Balaban J connectivity index is 1.55. The van der Waals surface area contributed by atoms with Gasteiger partial charge in [-0.25, -0.2) is 4.39 Å². The van der Waals surface area contributed by atoms with Gasteiger partial charge in [-0.15, -0.1) is 0 Å². The number of halogens is 1. The molecule has 1 fully saturated rings. The van der Waals surface area contributed by atoms with Crippen molar-refractivity contribution in [3.05, 3.63) is 65.5 Å². The molecule has 142 valence electrons. The molecule has 0 spiro atoms. The summed E-state index contributed by atoms with van der Waals surface area (Å²) in [5.41, 5.74) is 0.799. The van der Waals surface area contributed by atoms with Gasteiger partial charge in [0.25, 0.3) is 5.91 Å². The Morgan fingerprint density at radius 2 is 1.81 bits per heavy atom. The lowest BCUT2D eigenvalue weighted by Gasteiger charge is -2.39. The van der Waals surface area contributed by atoms with Crippen LogP contribution in [0, 0.1) is 5.82 Å². The van der Waals surface area contributed by atoms with Gasteiger partial charge in [0, 0.05) is 12.1 Å². The molecule has 0 atom stereocenters. The molecule has 27 heavy (non-hydrogen) atoms. The van der Waals surface area contributed by atoms with Crippen molar-refractivity contribution in [2.45, 2.75) is 31.2 Å². The summed E-state index contributed by atoms with van der Waals surface area (Å²) in [5, 5.41) is 2.72. The molecule has 0 saturated heterocycles. The van der Waals surface area contributed by atoms with Gasteiger partial charge in [0.15, 0.2) is 6.61 Å². The van der Waals surface area contributed by atoms with Gasteiger partial charge in [0.2, 0.25) is 0 Å². The predicted molar refractivity (Wildman–Crippen MR) is 97.7 cm³/mol. The summed E-state index contributed by atoms with van der Waals surface area (Å²) in [6, 6.07) is 13.3. The molecule has 1 saturated carbocycles. The topological polar surface area (TPSA) is 64.6 Å². The smallest absolute Gasteiger partial charge is 0.317 e. The van der Waals surface area contributed by atoms with E-state index in [1.807, 2.05) is 24.3 Å². The van der Waals surface area contributed by atoms with Gasteiger partial charge in [-0.3, -0.25) is 9.59 Å². The number of nitrogens with one attached hydrogen (secondary N) is 1. The summed E-state index contributed by atoms with van der Waals surface area (Å²) in [7, 11) is 1.57. The molecule has 1 aliphatic carbocycles. The van der Waals surface area contributed by atoms with E-state index in [2.05, 4.69) is 5.32 Å². The number of amides is 1. The van der Waals surface area contributed by atoms with Crippen molar-refractivity contribution in [2.75, 3.05) is 13.7 Å². The van der Waals surface area contributed by atoms with Crippen LogP contribution in [0.25, 0.3) is 0 Å². The van der Waals surface area contributed by atoms with Crippen LogP contribution in [0.15, 0.2) is 48.5 Å². The third-order valence-corrected chi connectivity index (χ3v) is 5.00. The lowest BCUT2D eigenvalue weighted by molar-refractivity contribution is -0.157. The summed E-state index contributed by atoms with van der Waals surface area (Å²) in [4.78, 5) is 24.7. The average Bonchev–Trinajstić information content (AvgIpc) is 2.65. The molecule has 1 amide bonds. The molecule has 1 aliphatic rings.